The topological polar surface area (TPSA) is 89.3 Å². The number of anilines is 1. The zero-order valence-corrected chi connectivity index (χ0v) is 13.5. The molecule has 0 unspecified atom stereocenters. The first-order valence-electron chi connectivity index (χ1n) is 6.40. The van der Waals surface area contributed by atoms with E-state index in [0.29, 0.717) is 11.3 Å². The first kappa shape index (κ1) is 17.2. The predicted molar refractivity (Wildman–Crippen MR) is 84.7 cm³/mol. The number of hydrogen-bond acceptors (Lipinski definition) is 4. The van der Waals surface area contributed by atoms with E-state index in [1.165, 1.54) is 13.8 Å². The average molecular weight is 308 g/mol. The highest BCUT2D eigenvalue weighted by Gasteiger charge is 2.38. The van der Waals surface area contributed by atoms with Gasteiger partial charge in [-0.25, -0.2) is 8.42 Å². The Bertz CT molecular complexity index is 710. The normalized spacial score (nSPS) is 11.5. The number of carbonyl (C=O) groups is 1. The highest BCUT2D eigenvalue weighted by molar-refractivity contribution is 7.92. The van der Waals surface area contributed by atoms with E-state index in [-0.39, 0.29) is 6.54 Å². The summed E-state index contributed by atoms with van der Waals surface area (Å²) in [7, 11) is -3.52. The summed E-state index contributed by atoms with van der Waals surface area (Å²) in [5.74, 6) is 5.03. The molecule has 0 fully saturated rings. The summed E-state index contributed by atoms with van der Waals surface area (Å²) in [6.45, 7) is 4.83. The number of hydrogen-bond donors (Lipinski definition) is 2. The van der Waals surface area contributed by atoms with Crippen molar-refractivity contribution < 1.29 is 13.2 Å². The Morgan fingerprint density at radius 2 is 2.00 bits per heavy atom. The van der Waals surface area contributed by atoms with E-state index in [0.717, 1.165) is 11.8 Å². The maximum absolute atomic E-state index is 12.2. The summed E-state index contributed by atoms with van der Waals surface area (Å²) >= 11 is 0. The third-order valence-electron chi connectivity index (χ3n) is 3.29. The summed E-state index contributed by atoms with van der Waals surface area (Å²) in [5.41, 5.74) is 7.39. The number of nitrogens with one attached hydrogen (secondary N) is 1. The van der Waals surface area contributed by atoms with Gasteiger partial charge >= 0.3 is 0 Å². The van der Waals surface area contributed by atoms with Crippen molar-refractivity contribution >= 4 is 21.4 Å². The standard InChI is InChI=1S/C15H20N2O3S/c1-11-7-8-12(6-5-9-16)10-13(11)17-14(18)15(2,3)21(4,19)20/h7-8,10H,9,16H2,1-4H3,(H,17,18). The van der Waals surface area contributed by atoms with Crippen molar-refractivity contribution in [1.82, 2.24) is 0 Å². The second-order valence-corrected chi connectivity index (χ2v) is 7.84. The van der Waals surface area contributed by atoms with Gasteiger partial charge < -0.3 is 11.1 Å². The molecule has 0 spiro atoms. The molecule has 6 heteroatoms. The molecule has 0 aromatic heterocycles. The van der Waals surface area contributed by atoms with Gasteiger partial charge in [0, 0.05) is 17.5 Å². The molecule has 0 aliphatic rings. The Kier molecular flexibility index (Phi) is 5.15. The van der Waals surface area contributed by atoms with Gasteiger partial charge in [-0.15, -0.1) is 0 Å². The van der Waals surface area contributed by atoms with Crippen LogP contribution in [-0.4, -0.2) is 31.9 Å². The zero-order valence-electron chi connectivity index (χ0n) is 12.6. The minimum Gasteiger partial charge on any atom is -0.324 e. The van der Waals surface area contributed by atoms with Crippen LogP contribution in [-0.2, 0) is 14.6 Å². The molecule has 1 rings (SSSR count). The van der Waals surface area contributed by atoms with E-state index in [9.17, 15) is 13.2 Å². The molecular weight excluding hydrogens is 288 g/mol. The molecule has 0 radical (unpaired) electrons. The Morgan fingerprint density at radius 3 is 2.52 bits per heavy atom. The Hall–Kier alpha value is -1.84. The van der Waals surface area contributed by atoms with Crippen molar-refractivity contribution in [3.05, 3.63) is 29.3 Å². The molecule has 0 aliphatic carbocycles. The van der Waals surface area contributed by atoms with E-state index in [4.69, 9.17) is 5.73 Å². The SMILES string of the molecule is Cc1ccc(C#CCN)cc1NC(=O)C(C)(C)S(C)(=O)=O. The Balaban J connectivity index is 3.11. The summed E-state index contributed by atoms with van der Waals surface area (Å²) < 4.78 is 21.9. The first-order chi connectivity index (χ1) is 9.59. The van der Waals surface area contributed by atoms with Crippen molar-refractivity contribution in [2.75, 3.05) is 18.1 Å². The second-order valence-electron chi connectivity index (χ2n) is 5.27. The number of rotatable bonds is 3. The van der Waals surface area contributed by atoms with Gasteiger partial charge in [-0.1, -0.05) is 17.9 Å². The van der Waals surface area contributed by atoms with Crippen LogP contribution in [0.5, 0.6) is 0 Å². The molecule has 0 bridgehead atoms. The van der Waals surface area contributed by atoms with Crippen molar-refractivity contribution in [1.29, 1.82) is 0 Å². The molecular formula is C15H20N2O3S. The number of nitrogens with two attached hydrogens (primary N) is 1. The van der Waals surface area contributed by atoms with Crippen LogP contribution in [0.25, 0.3) is 0 Å². The fourth-order valence-electron chi connectivity index (χ4n) is 1.43. The highest BCUT2D eigenvalue weighted by Crippen LogP contribution is 2.21. The summed E-state index contributed by atoms with van der Waals surface area (Å²) in [6.07, 6.45) is 1.04. The van der Waals surface area contributed by atoms with Crippen molar-refractivity contribution in [2.45, 2.75) is 25.5 Å². The van der Waals surface area contributed by atoms with Crippen molar-refractivity contribution in [2.24, 2.45) is 5.73 Å². The van der Waals surface area contributed by atoms with E-state index in [1.54, 1.807) is 6.07 Å². The molecule has 1 aromatic rings. The Labute approximate surface area is 125 Å². The van der Waals surface area contributed by atoms with E-state index < -0.39 is 20.5 Å². The lowest BCUT2D eigenvalue weighted by Gasteiger charge is -2.22. The number of carbonyl (C=O) groups excluding carboxylic acids is 1. The molecule has 21 heavy (non-hydrogen) atoms. The lowest BCUT2D eigenvalue weighted by molar-refractivity contribution is -0.117. The minimum atomic E-state index is -3.52. The third kappa shape index (κ3) is 4.06. The number of sulfone groups is 1. The van der Waals surface area contributed by atoms with Crippen LogP contribution in [0.15, 0.2) is 18.2 Å². The van der Waals surface area contributed by atoms with Gasteiger partial charge in [-0.2, -0.15) is 0 Å². The van der Waals surface area contributed by atoms with Gasteiger partial charge in [0.2, 0.25) is 5.91 Å². The molecule has 0 atom stereocenters. The van der Waals surface area contributed by atoms with Crippen molar-refractivity contribution in [3.63, 3.8) is 0 Å². The van der Waals surface area contributed by atoms with Gasteiger partial charge in [0.1, 0.15) is 4.75 Å². The van der Waals surface area contributed by atoms with E-state index in [2.05, 4.69) is 17.2 Å². The predicted octanol–water partition coefficient (Wildman–Crippen LogP) is 1.07. The van der Waals surface area contributed by atoms with Crippen LogP contribution in [0, 0.1) is 18.8 Å². The van der Waals surface area contributed by atoms with Gasteiger partial charge in [0.25, 0.3) is 0 Å². The average Bonchev–Trinajstić information content (AvgIpc) is 2.38. The molecule has 0 saturated heterocycles. The van der Waals surface area contributed by atoms with Crippen LogP contribution >= 0.6 is 0 Å². The summed E-state index contributed by atoms with van der Waals surface area (Å²) in [6, 6.07) is 5.33. The van der Waals surface area contributed by atoms with Gasteiger partial charge in [-0.3, -0.25) is 4.79 Å². The molecule has 3 N–H and O–H groups in total. The fraction of sp³-hybridized carbons (Fsp3) is 0.400. The molecule has 5 nitrogen and oxygen atoms in total. The van der Waals surface area contributed by atoms with Crippen LogP contribution < -0.4 is 11.1 Å². The minimum absolute atomic E-state index is 0.247. The lowest BCUT2D eigenvalue weighted by atomic mass is 10.1. The lowest BCUT2D eigenvalue weighted by Crippen LogP contribution is -2.44. The van der Waals surface area contributed by atoms with E-state index in [1.807, 2.05) is 19.1 Å². The van der Waals surface area contributed by atoms with Gasteiger partial charge in [0.15, 0.2) is 9.84 Å². The van der Waals surface area contributed by atoms with Crippen molar-refractivity contribution in [3.8, 4) is 11.8 Å². The smallest absolute Gasteiger partial charge is 0.245 e. The number of aryl methyl sites for hydroxylation is 1. The summed E-state index contributed by atoms with van der Waals surface area (Å²) in [4.78, 5) is 12.2. The molecule has 1 aromatic carbocycles. The maximum atomic E-state index is 12.2. The van der Waals surface area contributed by atoms with E-state index >= 15 is 0 Å². The number of amides is 1. The molecule has 0 heterocycles. The number of benzene rings is 1. The fourth-order valence-corrected chi connectivity index (χ4v) is 1.82. The van der Waals surface area contributed by atoms with Gasteiger partial charge in [0.05, 0.1) is 6.54 Å². The van der Waals surface area contributed by atoms with Crippen LogP contribution in [0.3, 0.4) is 0 Å². The monoisotopic (exact) mass is 308 g/mol. The second kappa shape index (κ2) is 6.29. The first-order valence-corrected chi connectivity index (χ1v) is 8.29. The summed E-state index contributed by atoms with van der Waals surface area (Å²) in [5, 5.41) is 2.66. The Morgan fingerprint density at radius 1 is 1.38 bits per heavy atom. The third-order valence-corrected chi connectivity index (χ3v) is 5.33. The zero-order chi connectivity index (χ0) is 16.3. The highest BCUT2D eigenvalue weighted by atomic mass is 32.2. The maximum Gasteiger partial charge on any atom is 0.245 e. The van der Waals surface area contributed by atoms with Crippen LogP contribution in [0.1, 0.15) is 25.0 Å². The van der Waals surface area contributed by atoms with Crippen LogP contribution in [0.2, 0.25) is 0 Å². The molecule has 0 saturated carbocycles. The van der Waals surface area contributed by atoms with Crippen LogP contribution in [0.4, 0.5) is 5.69 Å². The molecule has 114 valence electrons. The molecule has 0 aliphatic heterocycles. The quantitative estimate of drug-likeness (QED) is 0.817. The largest absolute Gasteiger partial charge is 0.324 e. The van der Waals surface area contributed by atoms with Gasteiger partial charge in [-0.05, 0) is 38.5 Å². The molecule has 1 amide bonds.